The highest BCUT2D eigenvalue weighted by Crippen LogP contribution is 2.18. The molecule has 0 atom stereocenters. The summed E-state index contributed by atoms with van der Waals surface area (Å²) in [6, 6.07) is 9.35. The highest BCUT2D eigenvalue weighted by Gasteiger charge is 2.13. The third-order valence-corrected chi connectivity index (χ3v) is 2.96. The van der Waals surface area contributed by atoms with E-state index < -0.39 is 0 Å². The van der Waals surface area contributed by atoms with Gasteiger partial charge in [-0.1, -0.05) is 18.2 Å². The van der Waals surface area contributed by atoms with E-state index in [9.17, 15) is 4.79 Å². The van der Waals surface area contributed by atoms with Crippen LogP contribution in [-0.2, 0) is 17.9 Å². The third-order valence-electron chi connectivity index (χ3n) is 2.96. The van der Waals surface area contributed by atoms with Crippen molar-refractivity contribution in [2.24, 2.45) is 0 Å². The average Bonchev–Trinajstić information content (AvgIpc) is 2.95. The summed E-state index contributed by atoms with van der Waals surface area (Å²) in [7, 11) is 3.30. The van der Waals surface area contributed by atoms with Gasteiger partial charge in [-0.05, 0) is 6.07 Å². The number of hydrogen-bond donors (Lipinski definition) is 0. The van der Waals surface area contributed by atoms with Crippen molar-refractivity contribution in [2.75, 3.05) is 14.2 Å². The number of aromatic nitrogens is 3. The molecule has 7 heteroatoms. The average molecular weight is 285 g/mol. The van der Waals surface area contributed by atoms with Crippen molar-refractivity contribution in [3.8, 4) is 11.8 Å². The summed E-state index contributed by atoms with van der Waals surface area (Å²) in [6.45, 7) is 0.475. The Kier molecular flexibility index (Phi) is 4.51. The number of benzene rings is 1. The smallest absolute Gasteiger partial charge is 0.252 e. The van der Waals surface area contributed by atoms with Crippen molar-refractivity contribution < 1.29 is 9.53 Å². The molecule has 2 aromatic rings. The summed E-state index contributed by atoms with van der Waals surface area (Å²) in [5, 5.41) is 12.5. The van der Waals surface area contributed by atoms with Crippen LogP contribution >= 0.6 is 0 Å². The molecule has 1 amide bonds. The number of nitrogens with zero attached hydrogens (tertiary/aromatic N) is 5. The summed E-state index contributed by atoms with van der Waals surface area (Å²) in [5.74, 6) is 0.662. The van der Waals surface area contributed by atoms with Crippen molar-refractivity contribution in [2.45, 2.75) is 13.1 Å². The molecule has 0 aliphatic carbocycles. The molecule has 1 aromatic heterocycles. The van der Waals surface area contributed by atoms with Crippen molar-refractivity contribution in [3.63, 3.8) is 0 Å². The Labute approximate surface area is 122 Å². The number of methoxy groups -OCH3 is 1. The van der Waals surface area contributed by atoms with E-state index in [4.69, 9.17) is 10.00 Å². The summed E-state index contributed by atoms with van der Waals surface area (Å²) >= 11 is 0. The number of para-hydroxylation sites is 1. The van der Waals surface area contributed by atoms with E-state index in [1.54, 1.807) is 19.1 Å². The van der Waals surface area contributed by atoms with Gasteiger partial charge in [0.1, 0.15) is 24.7 Å². The molecular formula is C14H15N5O2. The molecule has 0 N–H and O–H groups in total. The number of rotatable bonds is 5. The van der Waals surface area contributed by atoms with Crippen LogP contribution in [0.3, 0.4) is 0 Å². The normalized spacial score (nSPS) is 9.95. The van der Waals surface area contributed by atoms with E-state index in [0.717, 1.165) is 11.3 Å². The Morgan fingerprint density at radius 3 is 2.90 bits per heavy atom. The minimum Gasteiger partial charge on any atom is -0.496 e. The summed E-state index contributed by atoms with van der Waals surface area (Å²) in [4.78, 5) is 17.5. The van der Waals surface area contributed by atoms with Crippen LogP contribution in [0.5, 0.6) is 5.75 Å². The molecule has 0 bridgehead atoms. The molecule has 2 rings (SSSR count). The van der Waals surface area contributed by atoms with Gasteiger partial charge in [0, 0.05) is 19.2 Å². The lowest BCUT2D eigenvalue weighted by molar-refractivity contribution is -0.131. The van der Waals surface area contributed by atoms with E-state index in [2.05, 4.69) is 10.1 Å². The fourth-order valence-corrected chi connectivity index (χ4v) is 1.86. The molecule has 0 aliphatic heterocycles. The molecule has 1 aromatic carbocycles. The van der Waals surface area contributed by atoms with Crippen LogP contribution in [0.4, 0.5) is 0 Å². The van der Waals surface area contributed by atoms with Crippen LogP contribution in [0.25, 0.3) is 0 Å². The van der Waals surface area contributed by atoms with Crippen LogP contribution in [0, 0.1) is 11.3 Å². The Morgan fingerprint density at radius 2 is 2.24 bits per heavy atom. The highest BCUT2D eigenvalue weighted by molar-refractivity contribution is 5.75. The quantitative estimate of drug-likeness (QED) is 0.812. The molecule has 0 saturated carbocycles. The van der Waals surface area contributed by atoms with Crippen LogP contribution in [0.2, 0.25) is 0 Å². The fourth-order valence-electron chi connectivity index (χ4n) is 1.86. The summed E-state index contributed by atoms with van der Waals surface area (Å²) in [6.07, 6.45) is 1.37. The van der Waals surface area contributed by atoms with Crippen molar-refractivity contribution in [3.05, 3.63) is 42.0 Å². The number of ether oxygens (including phenoxy) is 1. The van der Waals surface area contributed by atoms with Gasteiger partial charge in [0.05, 0.1) is 7.11 Å². The predicted molar refractivity (Wildman–Crippen MR) is 74.2 cm³/mol. The second kappa shape index (κ2) is 6.52. The lowest BCUT2D eigenvalue weighted by Crippen LogP contribution is -2.30. The van der Waals surface area contributed by atoms with E-state index in [1.807, 2.05) is 30.3 Å². The number of carbonyl (C=O) groups excluding carboxylic acids is 1. The number of carbonyl (C=O) groups is 1. The number of hydrogen-bond acceptors (Lipinski definition) is 5. The van der Waals surface area contributed by atoms with Gasteiger partial charge in [-0.3, -0.25) is 4.79 Å². The maximum atomic E-state index is 12.1. The first-order valence-corrected chi connectivity index (χ1v) is 6.29. The molecule has 7 nitrogen and oxygen atoms in total. The maximum Gasteiger partial charge on any atom is 0.252 e. The van der Waals surface area contributed by atoms with E-state index in [-0.39, 0.29) is 18.3 Å². The number of nitriles is 1. The van der Waals surface area contributed by atoms with Gasteiger partial charge in [-0.2, -0.15) is 5.26 Å². The Hall–Kier alpha value is -2.88. The molecule has 1 heterocycles. The third kappa shape index (κ3) is 3.57. The first-order chi connectivity index (χ1) is 10.1. The molecule has 21 heavy (non-hydrogen) atoms. The lowest BCUT2D eigenvalue weighted by Gasteiger charge is -2.18. The van der Waals surface area contributed by atoms with Gasteiger partial charge in [0.2, 0.25) is 5.91 Å². The zero-order chi connectivity index (χ0) is 15.2. The van der Waals surface area contributed by atoms with Crippen molar-refractivity contribution >= 4 is 5.91 Å². The van der Waals surface area contributed by atoms with Gasteiger partial charge in [-0.15, -0.1) is 5.10 Å². The lowest BCUT2D eigenvalue weighted by atomic mass is 10.2. The van der Waals surface area contributed by atoms with Crippen molar-refractivity contribution in [1.82, 2.24) is 19.7 Å². The standard InChI is InChI=1S/C14H15N5O2/c1-18(8-11-5-3-4-6-12(11)21-2)14(20)9-19-10-16-13(7-15)17-19/h3-6,10H,8-9H2,1-2H3. The molecule has 0 aliphatic rings. The van der Waals surface area contributed by atoms with E-state index in [1.165, 1.54) is 11.0 Å². The molecule has 0 spiro atoms. The Balaban J connectivity index is 2.01. The summed E-state index contributed by atoms with van der Waals surface area (Å²) in [5.41, 5.74) is 0.923. The van der Waals surface area contributed by atoms with Gasteiger partial charge < -0.3 is 9.64 Å². The zero-order valence-electron chi connectivity index (χ0n) is 11.9. The Morgan fingerprint density at radius 1 is 1.48 bits per heavy atom. The SMILES string of the molecule is COc1ccccc1CN(C)C(=O)Cn1cnc(C#N)n1. The minimum atomic E-state index is -0.129. The molecule has 0 radical (unpaired) electrons. The maximum absolute atomic E-state index is 12.1. The van der Waals surface area contributed by atoms with Crippen LogP contribution in [0.1, 0.15) is 11.4 Å². The van der Waals surface area contributed by atoms with Gasteiger partial charge in [-0.25, -0.2) is 9.67 Å². The monoisotopic (exact) mass is 285 g/mol. The fraction of sp³-hybridized carbons (Fsp3) is 0.286. The minimum absolute atomic E-state index is 0.0420. The van der Waals surface area contributed by atoms with Crippen LogP contribution < -0.4 is 4.74 Å². The second-order valence-electron chi connectivity index (χ2n) is 4.44. The van der Waals surface area contributed by atoms with Crippen LogP contribution in [-0.4, -0.2) is 39.7 Å². The van der Waals surface area contributed by atoms with Gasteiger partial charge in [0.25, 0.3) is 5.82 Å². The molecular weight excluding hydrogens is 270 g/mol. The zero-order valence-corrected chi connectivity index (χ0v) is 11.9. The molecule has 0 fully saturated rings. The van der Waals surface area contributed by atoms with E-state index in [0.29, 0.717) is 6.54 Å². The molecule has 0 saturated heterocycles. The predicted octanol–water partition coefficient (Wildman–Crippen LogP) is 0.817. The van der Waals surface area contributed by atoms with Gasteiger partial charge in [0.15, 0.2) is 0 Å². The Bertz CT molecular complexity index is 674. The first-order valence-electron chi connectivity index (χ1n) is 6.29. The largest absolute Gasteiger partial charge is 0.496 e. The summed E-state index contributed by atoms with van der Waals surface area (Å²) < 4.78 is 6.61. The van der Waals surface area contributed by atoms with Crippen molar-refractivity contribution in [1.29, 1.82) is 5.26 Å². The highest BCUT2D eigenvalue weighted by atomic mass is 16.5. The van der Waals surface area contributed by atoms with Crippen LogP contribution in [0.15, 0.2) is 30.6 Å². The topological polar surface area (TPSA) is 84.0 Å². The number of amides is 1. The second-order valence-corrected chi connectivity index (χ2v) is 4.44. The van der Waals surface area contributed by atoms with Gasteiger partial charge >= 0.3 is 0 Å². The first kappa shape index (κ1) is 14.5. The molecule has 0 unspecified atom stereocenters. The number of likely N-dealkylation sites (N-methyl/N-ethyl adjacent to an activating group) is 1. The molecule has 108 valence electrons. The van der Waals surface area contributed by atoms with E-state index >= 15 is 0 Å².